The van der Waals surface area contributed by atoms with Gasteiger partial charge in [-0.3, -0.25) is 5.10 Å². The van der Waals surface area contributed by atoms with Crippen molar-refractivity contribution in [2.75, 3.05) is 6.54 Å². The average Bonchev–Trinajstić information content (AvgIpc) is 2.93. The van der Waals surface area contributed by atoms with Crippen molar-refractivity contribution in [3.63, 3.8) is 0 Å². The summed E-state index contributed by atoms with van der Waals surface area (Å²) in [5, 5.41) is 10.3. The largest absolute Gasteiger partial charge is 0.310 e. The second-order valence-electron chi connectivity index (χ2n) is 4.81. The van der Waals surface area contributed by atoms with Crippen LogP contribution in [0.2, 0.25) is 0 Å². The maximum absolute atomic E-state index is 3.97. The molecule has 0 aliphatic rings. The van der Waals surface area contributed by atoms with Crippen LogP contribution in [0.3, 0.4) is 0 Å². The summed E-state index contributed by atoms with van der Waals surface area (Å²) in [5.41, 5.74) is 2.62. The minimum atomic E-state index is 0.353. The van der Waals surface area contributed by atoms with E-state index in [1.807, 2.05) is 12.4 Å². The monoisotopic (exact) mass is 243 g/mol. The van der Waals surface area contributed by atoms with Crippen LogP contribution in [-0.2, 0) is 0 Å². The van der Waals surface area contributed by atoms with Gasteiger partial charge in [0, 0.05) is 17.8 Å². The molecule has 0 saturated heterocycles. The fourth-order valence-corrected chi connectivity index (χ4v) is 2.08. The van der Waals surface area contributed by atoms with Gasteiger partial charge in [0.2, 0.25) is 0 Å². The molecule has 96 valence electrons. The van der Waals surface area contributed by atoms with E-state index >= 15 is 0 Å². The van der Waals surface area contributed by atoms with Crippen molar-refractivity contribution < 1.29 is 0 Å². The van der Waals surface area contributed by atoms with Gasteiger partial charge in [-0.25, -0.2) is 0 Å². The van der Waals surface area contributed by atoms with Gasteiger partial charge in [-0.2, -0.15) is 5.10 Å². The first kappa shape index (κ1) is 12.8. The van der Waals surface area contributed by atoms with E-state index in [1.54, 1.807) is 0 Å². The minimum absolute atomic E-state index is 0.353. The molecule has 0 radical (unpaired) electrons. The topological polar surface area (TPSA) is 40.7 Å². The highest BCUT2D eigenvalue weighted by Gasteiger charge is 2.08. The van der Waals surface area contributed by atoms with Crippen molar-refractivity contribution >= 4 is 0 Å². The molecule has 0 bridgehead atoms. The third-order valence-electron chi connectivity index (χ3n) is 3.42. The van der Waals surface area contributed by atoms with Crippen LogP contribution in [0.25, 0.3) is 0 Å². The van der Waals surface area contributed by atoms with E-state index in [9.17, 15) is 0 Å². The summed E-state index contributed by atoms with van der Waals surface area (Å²) in [4.78, 5) is 0. The summed E-state index contributed by atoms with van der Waals surface area (Å²) in [6.07, 6.45) is 4.96. The van der Waals surface area contributed by atoms with Crippen LogP contribution in [0.1, 0.15) is 43.4 Å². The van der Waals surface area contributed by atoms with E-state index in [0.717, 1.165) is 13.0 Å². The van der Waals surface area contributed by atoms with Gasteiger partial charge in [-0.15, -0.1) is 0 Å². The van der Waals surface area contributed by atoms with Crippen molar-refractivity contribution in [2.24, 2.45) is 0 Å². The first-order valence-electron chi connectivity index (χ1n) is 6.54. The number of hydrogen-bond donors (Lipinski definition) is 2. The Balaban J connectivity index is 1.76. The summed E-state index contributed by atoms with van der Waals surface area (Å²) in [7, 11) is 0. The molecule has 0 aliphatic carbocycles. The van der Waals surface area contributed by atoms with E-state index in [2.05, 4.69) is 59.7 Å². The van der Waals surface area contributed by atoms with Crippen LogP contribution in [-0.4, -0.2) is 16.7 Å². The second kappa shape index (κ2) is 6.36. The molecule has 3 nitrogen and oxygen atoms in total. The quantitative estimate of drug-likeness (QED) is 0.817. The number of hydrogen-bond acceptors (Lipinski definition) is 2. The highest BCUT2D eigenvalue weighted by molar-refractivity contribution is 5.18. The Morgan fingerprint density at radius 1 is 1.17 bits per heavy atom. The predicted molar refractivity (Wildman–Crippen MR) is 74.5 cm³/mol. The van der Waals surface area contributed by atoms with Crippen LogP contribution >= 0.6 is 0 Å². The number of rotatable bonds is 6. The second-order valence-corrected chi connectivity index (χ2v) is 4.81. The number of nitrogens with one attached hydrogen (secondary N) is 2. The van der Waals surface area contributed by atoms with Crippen molar-refractivity contribution in [1.29, 1.82) is 0 Å². The van der Waals surface area contributed by atoms with Crippen LogP contribution < -0.4 is 5.32 Å². The molecular weight excluding hydrogens is 222 g/mol. The predicted octanol–water partition coefficient (Wildman–Crippen LogP) is 3.25. The maximum Gasteiger partial charge on any atom is 0.0534 e. The Morgan fingerprint density at radius 3 is 2.61 bits per heavy atom. The summed E-state index contributed by atoms with van der Waals surface area (Å²) >= 11 is 0. The highest BCUT2D eigenvalue weighted by Crippen LogP contribution is 2.18. The molecule has 2 rings (SSSR count). The number of benzene rings is 1. The molecule has 18 heavy (non-hydrogen) atoms. The minimum Gasteiger partial charge on any atom is -0.310 e. The van der Waals surface area contributed by atoms with E-state index in [4.69, 9.17) is 0 Å². The van der Waals surface area contributed by atoms with Gasteiger partial charge in [-0.1, -0.05) is 37.3 Å². The fourth-order valence-electron chi connectivity index (χ4n) is 2.08. The van der Waals surface area contributed by atoms with E-state index in [-0.39, 0.29) is 0 Å². The molecule has 0 spiro atoms. The van der Waals surface area contributed by atoms with Gasteiger partial charge < -0.3 is 5.32 Å². The number of aromatic amines is 1. The molecule has 1 aromatic carbocycles. The molecule has 0 amide bonds. The lowest BCUT2D eigenvalue weighted by Gasteiger charge is -2.15. The van der Waals surface area contributed by atoms with Crippen molar-refractivity contribution in [3.8, 4) is 0 Å². The Hall–Kier alpha value is -1.61. The third-order valence-corrected chi connectivity index (χ3v) is 3.42. The summed E-state index contributed by atoms with van der Waals surface area (Å²) in [6.45, 7) is 5.46. The first-order valence-corrected chi connectivity index (χ1v) is 6.54. The maximum atomic E-state index is 3.97. The number of H-pyrrole nitrogens is 1. The van der Waals surface area contributed by atoms with Gasteiger partial charge >= 0.3 is 0 Å². The lowest BCUT2D eigenvalue weighted by Crippen LogP contribution is -2.20. The standard InChI is InChI=1S/C15H21N3/c1-12(14-6-4-3-5-7-14)8-9-16-13(2)15-10-17-18-11-15/h3-7,10-13,16H,8-9H2,1-2H3,(H,17,18). The summed E-state index contributed by atoms with van der Waals surface area (Å²) in [5.74, 6) is 0.593. The Kier molecular flexibility index (Phi) is 4.53. The van der Waals surface area contributed by atoms with Gasteiger partial charge in [0.25, 0.3) is 0 Å². The molecule has 0 aliphatic heterocycles. The molecule has 1 heterocycles. The molecular formula is C15H21N3. The molecule has 3 heteroatoms. The lowest BCUT2D eigenvalue weighted by molar-refractivity contribution is 0.531. The zero-order chi connectivity index (χ0) is 12.8. The third kappa shape index (κ3) is 3.44. The summed E-state index contributed by atoms with van der Waals surface area (Å²) < 4.78 is 0. The molecule has 2 atom stereocenters. The average molecular weight is 243 g/mol. The van der Waals surface area contributed by atoms with Crippen molar-refractivity contribution in [3.05, 3.63) is 53.9 Å². The van der Waals surface area contributed by atoms with E-state index < -0.39 is 0 Å². The summed E-state index contributed by atoms with van der Waals surface area (Å²) in [6, 6.07) is 11.0. The molecule has 2 aromatic rings. The highest BCUT2D eigenvalue weighted by atomic mass is 15.1. The van der Waals surface area contributed by atoms with Gasteiger partial charge in [0.05, 0.1) is 6.20 Å². The molecule has 0 fully saturated rings. The van der Waals surface area contributed by atoms with Gasteiger partial charge in [0.1, 0.15) is 0 Å². The molecule has 2 N–H and O–H groups in total. The lowest BCUT2D eigenvalue weighted by atomic mass is 9.98. The van der Waals surface area contributed by atoms with Gasteiger partial charge in [-0.05, 0) is 31.4 Å². The van der Waals surface area contributed by atoms with Crippen LogP contribution in [0.5, 0.6) is 0 Å². The molecule has 0 saturated carbocycles. The van der Waals surface area contributed by atoms with Crippen LogP contribution in [0.4, 0.5) is 0 Å². The van der Waals surface area contributed by atoms with Crippen LogP contribution in [0.15, 0.2) is 42.7 Å². The zero-order valence-electron chi connectivity index (χ0n) is 11.1. The normalized spacial score (nSPS) is 14.3. The molecule has 2 unspecified atom stereocenters. The first-order chi connectivity index (χ1) is 8.77. The SMILES string of the molecule is CC(CCNC(C)c1cn[nH]c1)c1ccccc1. The number of aromatic nitrogens is 2. The fraction of sp³-hybridized carbons (Fsp3) is 0.400. The van der Waals surface area contributed by atoms with E-state index in [1.165, 1.54) is 11.1 Å². The van der Waals surface area contributed by atoms with Crippen molar-refractivity contribution in [1.82, 2.24) is 15.5 Å². The Labute approximate surface area is 109 Å². The molecule has 1 aromatic heterocycles. The van der Waals surface area contributed by atoms with E-state index in [0.29, 0.717) is 12.0 Å². The van der Waals surface area contributed by atoms with Gasteiger partial charge in [0.15, 0.2) is 0 Å². The Bertz CT molecular complexity index is 436. The smallest absolute Gasteiger partial charge is 0.0534 e. The van der Waals surface area contributed by atoms with Crippen molar-refractivity contribution in [2.45, 2.75) is 32.2 Å². The Morgan fingerprint density at radius 2 is 1.94 bits per heavy atom. The number of nitrogens with zero attached hydrogens (tertiary/aromatic N) is 1. The van der Waals surface area contributed by atoms with Crippen LogP contribution in [0, 0.1) is 0 Å². The zero-order valence-corrected chi connectivity index (χ0v) is 11.1.